The second kappa shape index (κ2) is 13.2. The lowest BCUT2D eigenvalue weighted by molar-refractivity contribution is -0.113. The maximum Gasteiger partial charge on any atom is 0.235 e. The molecule has 7 heteroatoms. The molecular formula is C27H37BrN2O4. The fourth-order valence-corrected chi connectivity index (χ4v) is 3.74. The van der Waals surface area contributed by atoms with E-state index in [0.29, 0.717) is 6.54 Å². The Bertz CT molecular complexity index is 883. The standard InChI is InChI=1S/C27H37BrN2O4/c1-27(2,15-21-5-9-23(10-6-21)30-26(32)16-28)29-17-24(31)19-34-25-11-7-20(8-12-25)13-14-33-18-22-3-4-22/h5-12,22,24,29,31H,3-4,13-19H2,1-2H3,(H,30,32)/t24-/m1/s1. The Morgan fingerprint density at radius 1 is 1.12 bits per heavy atom. The summed E-state index contributed by atoms with van der Waals surface area (Å²) in [5, 5.41) is 16.9. The Morgan fingerprint density at radius 3 is 2.44 bits per heavy atom. The molecule has 0 aromatic heterocycles. The van der Waals surface area contributed by atoms with Crippen LogP contribution in [0.3, 0.4) is 0 Å². The zero-order chi connectivity index (χ0) is 24.4. The minimum Gasteiger partial charge on any atom is -0.491 e. The number of anilines is 1. The van der Waals surface area contributed by atoms with Crippen LogP contribution in [0.2, 0.25) is 0 Å². The number of β-amino-alcohol motifs (C(OH)–C–C–N with tert-alkyl or cyclic N) is 1. The highest BCUT2D eigenvalue weighted by Crippen LogP contribution is 2.28. The molecule has 1 aliphatic rings. The van der Waals surface area contributed by atoms with Crippen LogP contribution in [0, 0.1) is 5.92 Å². The fraction of sp³-hybridized carbons (Fsp3) is 0.519. The first-order chi connectivity index (χ1) is 16.3. The monoisotopic (exact) mass is 532 g/mol. The maximum absolute atomic E-state index is 11.5. The Balaban J connectivity index is 1.33. The fourth-order valence-electron chi connectivity index (χ4n) is 3.60. The zero-order valence-corrected chi connectivity index (χ0v) is 21.8. The smallest absolute Gasteiger partial charge is 0.235 e. The highest BCUT2D eigenvalue weighted by molar-refractivity contribution is 9.09. The molecule has 0 bridgehead atoms. The largest absolute Gasteiger partial charge is 0.491 e. The van der Waals surface area contributed by atoms with Gasteiger partial charge in [-0.25, -0.2) is 0 Å². The quantitative estimate of drug-likeness (QED) is 0.235. The van der Waals surface area contributed by atoms with Gasteiger partial charge in [-0.05, 0) is 80.8 Å². The van der Waals surface area contributed by atoms with E-state index in [2.05, 4.69) is 52.5 Å². The van der Waals surface area contributed by atoms with E-state index in [1.165, 1.54) is 18.4 Å². The maximum atomic E-state index is 11.5. The van der Waals surface area contributed by atoms with E-state index in [0.717, 1.165) is 49.0 Å². The van der Waals surface area contributed by atoms with E-state index in [1.807, 2.05) is 36.4 Å². The van der Waals surface area contributed by atoms with Gasteiger partial charge in [0.15, 0.2) is 0 Å². The minimum absolute atomic E-state index is 0.0735. The number of carbonyl (C=O) groups is 1. The van der Waals surface area contributed by atoms with Gasteiger partial charge in [0.25, 0.3) is 0 Å². The van der Waals surface area contributed by atoms with Crippen molar-refractivity contribution in [2.24, 2.45) is 5.92 Å². The highest BCUT2D eigenvalue weighted by Gasteiger charge is 2.21. The third kappa shape index (κ3) is 10.1. The topological polar surface area (TPSA) is 79.8 Å². The van der Waals surface area contributed by atoms with Crippen molar-refractivity contribution in [2.75, 3.05) is 37.0 Å². The van der Waals surface area contributed by atoms with Gasteiger partial charge in [0, 0.05) is 24.4 Å². The lowest BCUT2D eigenvalue weighted by atomic mass is 9.94. The van der Waals surface area contributed by atoms with Crippen LogP contribution in [-0.4, -0.2) is 54.4 Å². The van der Waals surface area contributed by atoms with Crippen molar-refractivity contribution in [1.82, 2.24) is 5.32 Å². The molecular weight excluding hydrogens is 496 g/mol. The van der Waals surface area contributed by atoms with Gasteiger partial charge in [0.2, 0.25) is 5.91 Å². The summed E-state index contributed by atoms with van der Waals surface area (Å²) >= 11 is 3.14. The van der Waals surface area contributed by atoms with E-state index in [4.69, 9.17) is 9.47 Å². The number of carbonyl (C=O) groups excluding carboxylic acids is 1. The van der Waals surface area contributed by atoms with Gasteiger partial charge in [-0.1, -0.05) is 40.2 Å². The van der Waals surface area contributed by atoms with Crippen LogP contribution < -0.4 is 15.4 Å². The number of ether oxygens (including phenoxy) is 2. The molecule has 0 saturated heterocycles. The van der Waals surface area contributed by atoms with E-state index >= 15 is 0 Å². The molecule has 1 atom stereocenters. The number of nitrogens with one attached hydrogen (secondary N) is 2. The minimum atomic E-state index is -0.614. The Labute approximate surface area is 211 Å². The summed E-state index contributed by atoms with van der Waals surface area (Å²) in [6, 6.07) is 15.8. The van der Waals surface area contributed by atoms with Crippen molar-refractivity contribution in [3.05, 3.63) is 59.7 Å². The average molecular weight is 534 g/mol. The first-order valence-electron chi connectivity index (χ1n) is 12.0. The molecule has 2 aromatic rings. The van der Waals surface area contributed by atoms with Gasteiger partial charge in [-0.3, -0.25) is 4.79 Å². The molecule has 1 saturated carbocycles. The number of alkyl halides is 1. The Morgan fingerprint density at radius 2 is 1.79 bits per heavy atom. The number of benzene rings is 2. The van der Waals surface area contributed by atoms with Crippen LogP contribution in [0.4, 0.5) is 5.69 Å². The first-order valence-corrected chi connectivity index (χ1v) is 13.1. The van der Waals surface area contributed by atoms with Crippen LogP contribution in [0.15, 0.2) is 48.5 Å². The molecule has 0 aliphatic heterocycles. The number of halogens is 1. The normalized spacial score (nSPS) is 14.6. The van der Waals surface area contributed by atoms with Crippen LogP contribution in [-0.2, 0) is 22.4 Å². The molecule has 1 aliphatic carbocycles. The van der Waals surface area contributed by atoms with Crippen molar-refractivity contribution in [3.8, 4) is 5.75 Å². The molecule has 3 N–H and O–H groups in total. The van der Waals surface area contributed by atoms with E-state index < -0.39 is 6.10 Å². The van der Waals surface area contributed by atoms with E-state index in [9.17, 15) is 9.90 Å². The van der Waals surface area contributed by atoms with Crippen LogP contribution >= 0.6 is 15.9 Å². The molecule has 6 nitrogen and oxygen atoms in total. The molecule has 1 fully saturated rings. The van der Waals surface area contributed by atoms with Gasteiger partial charge in [-0.15, -0.1) is 0 Å². The second-order valence-electron chi connectivity index (χ2n) is 9.70. The predicted octanol–water partition coefficient (Wildman–Crippen LogP) is 4.34. The molecule has 2 aromatic carbocycles. The van der Waals surface area contributed by atoms with Gasteiger partial charge >= 0.3 is 0 Å². The summed E-state index contributed by atoms with van der Waals surface area (Å²) < 4.78 is 11.5. The third-order valence-electron chi connectivity index (χ3n) is 5.77. The van der Waals surface area contributed by atoms with Crippen molar-refractivity contribution in [3.63, 3.8) is 0 Å². The van der Waals surface area contributed by atoms with Crippen molar-refractivity contribution < 1.29 is 19.4 Å². The Kier molecular flexibility index (Phi) is 10.4. The van der Waals surface area contributed by atoms with E-state index in [-0.39, 0.29) is 23.4 Å². The van der Waals surface area contributed by atoms with Gasteiger partial charge in [0.05, 0.1) is 11.9 Å². The molecule has 186 valence electrons. The highest BCUT2D eigenvalue weighted by atomic mass is 79.9. The lowest BCUT2D eigenvalue weighted by Gasteiger charge is -2.28. The summed E-state index contributed by atoms with van der Waals surface area (Å²) in [5.74, 6) is 1.48. The van der Waals surface area contributed by atoms with Crippen molar-refractivity contribution in [2.45, 2.75) is 51.2 Å². The van der Waals surface area contributed by atoms with Gasteiger partial charge in [0.1, 0.15) is 18.5 Å². The summed E-state index contributed by atoms with van der Waals surface area (Å²) in [4.78, 5) is 11.5. The molecule has 1 amide bonds. The number of amides is 1. The van der Waals surface area contributed by atoms with E-state index in [1.54, 1.807) is 0 Å². The Hall–Kier alpha value is -1.93. The zero-order valence-electron chi connectivity index (χ0n) is 20.2. The molecule has 0 spiro atoms. The van der Waals surface area contributed by atoms with Gasteiger partial charge < -0.3 is 25.2 Å². The third-order valence-corrected chi connectivity index (χ3v) is 6.28. The average Bonchev–Trinajstić information content (AvgIpc) is 3.65. The predicted molar refractivity (Wildman–Crippen MR) is 140 cm³/mol. The number of aliphatic hydroxyl groups excluding tert-OH is 1. The molecule has 0 heterocycles. The SMILES string of the molecule is CC(C)(Cc1ccc(NC(=O)CBr)cc1)NC[C@@H](O)COc1ccc(CCOCC2CC2)cc1. The molecule has 3 rings (SSSR count). The van der Waals surface area contributed by atoms with Crippen LogP contribution in [0.25, 0.3) is 0 Å². The molecule has 34 heavy (non-hydrogen) atoms. The number of rotatable bonds is 15. The summed E-state index contributed by atoms with van der Waals surface area (Å²) in [5.41, 5.74) is 2.95. The first kappa shape index (κ1) is 26.7. The lowest BCUT2D eigenvalue weighted by Crippen LogP contribution is -2.46. The molecule has 0 radical (unpaired) electrons. The van der Waals surface area contributed by atoms with Crippen LogP contribution in [0.5, 0.6) is 5.75 Å². The number of hydrogen-bond acceptors (Lipinski definition) is 5. The van der Waals surface area contributed by atoms with Crippen LogP contribution in [0.1, 0.15) is 37.8 Å². The molecule has 0 unspecified atom stereocenters. The summed E-state index contributed by atoms with van der Waals surface area (Å²) in [7, 11) is 0. The van der Waals surface area contributed by atoms with Crippen molar-refractivity contribution >= 4 is 27.5 Å². The number of hydrogen-bond donors (Lipinski definition) is 3. The number of aliphatic hydroxyl groups is 1. The van der Waals surface area contributed by atoms with Gasteiger partial charge in [-0.2, -0.15) is 0 Å². The summed E-state index contributed by atoms with van der Waals surface area (Å²) in [6.45, 7) is 6.53. The van der Waals surface area contributed by atoms with Crippen molar-refractivity contribution in [1.29, 1.82) is 0 Å². The summed E-state index contributed by atoms with van der Waals surface area (Å²) in [6.07, 6.45) is 3.72. The second-order valence-corrected chi connectivity index (χ2v) is 10.3.